The number of nitrogens with zero attached hydrogens (tertiary/aromatic N) is 4. The Balaban J connectivity index is 0.00000256. The van der Waals surface area contributed by atoms with Crippen LogP contribution < -0.4 is 15.4 Å². The lowest BCUT2D eigenvalue weighted by Crippen LogP contribution is -2.42. The van der Waals surface area contributed by atoms with Crippen LogP contribution in [0.2, 0.25) is 0 Å². The van der Waals surface area contributed by atoms with Gasteiger partial charge in [-0.25, -0.2) is 0 Å². The molecule has 1 aromatic heterocycles. The van der Waals surface area contributed by atoms with Crippen molar-refractivity contribution in [2.75, 3.05) is 32.9 Å². The predicted molar refractivity (Wildman–Crippen MR) is 126 cm³/mol. The molecule has 9 heteroatoms. The van der Waals surface area contributed by atoms with E-state index in [0.29, 0.717) is 12.5 Å². The van der Waals surface area contributed by atoms with E-state index < -0.39 is 0 Å². The van der Waals surface area contributed by atoms with E-state index in [1.54, 1.807) is 6.33 Å². The lowest BCUT2D eigenvalue weighted by molar-refractivity contribution is 0.187. The molecular formula is C21H31IN6O2. The molecule has 0 amide bonds. The summed E-state index contributed by atoms with van der Waals surface area (Å²) in [6, 6.07) is 8.41. The Hall–Kier alpha value is -1.88. The van der Waals surface area contributed by atoms with Gasteiger partial charge in [0.05, 0.1) is 19.3 Å². The number of guanidine groups is 1. The standard InChI is InChI=1S/C21H30N6O2.HI/c1-2-20-26-24-15-27(20)10-9-22-21(23-13-16-7-11-28-14-16)25-18-8-12-29-19-6-4-3-5-17(18)19;/h3-6,15-16,18H,2,7-14H2,1H3,(H2,22,23,25);1H. The Kier molecular flexibility index (Phi) is 8.74. The molecule has 1 fully saturated rings. The minimum atomic E-state index is 0. The van der Waals surface area contributed by atoms with Crippen molar-refractivity contribution in [3.05, 3.63) is 42.0 Å². The van der Waals surface area contributed by atoms with Gasteiger partial charge in [-0.1, -0.05) is 25.1 Å². The summed E-state index contributed by atoms with van der Waals surface area (Å²) in [7, 11) is 0. The summed E-state index contributed by atoms with van der Waals surface area (Å²) in [5.41, 5.74) is 1.18. The van der Waals surface area contributed by atoms with Crippen LogP contribution in [0.15, 0.2) is 35.6 Å². The first kappa shape index (κ1) is 22.8. The maximum Gasteiger partial charge on any atom is 0.191 e. The van der Waals surface area contributed by atoms with Crippen molar-refractivity contribution in [2.45, 2.75) is 38.8 Å². The molecule has 0 aliphatic carbocycles. The lowest BCUT2D eigenvalue weighted by atomic mass is 10.0. The van der Waals surface area contributed by atoms with Crippen LogP contribution in [0.4, 0.5) is 0 Å². The van der Waals surface area contributed by atoms with Gasteiger partial charge in [-0.05, 0) is 12.5 Å². The van der Waals surface area contributed by atoms with Crippen molar-refractivity contribution in [1.29, 1.82) is 0 Å². The predicted octanol–water partition coefficient (Wildman–Crippen LogP) is 2.55. The highest BCUT2D eigenvalue weighted by molar-refractivity contribution is 14.0. The number of para-hydroxylation sites is 1. The smallest absolute Gasteiger partial charge is 0.191 e. The molecule has 2 unspecified atom stereocenters. The number of benzene rings is 1. The average molecular weight is 526 g/mol. The molecule has 30 heavy (non-hydrogen) atoms. The van der Waals surface area contributed by atoms with Crippen LogP contribution in [-0.2, 0) is 17.7 Å². The molecule has 2 N–H and O–H groups in total. The van der Waals surface area contributed by atoms with Crippen molar-refractivity contribution in [3.63, 3.8) is 0 Å². The van der Waals surface area contributed by atoms with E-state index in [-0.39, 0.29) is 30.0 Å². The Morgan fingerprint density at radius 1 is 1.27 bits per heavy atom. The Labute approximate surface area is 194 Å². The third kappa shape index (κ3) is 5.84. The van der Waals surface area contributed by atoms with Crippen molar-refractivity contribution in [1.82, 2.24) is 25.4 Å². The SMILES string of the molecule is CCc1nncn1CCNC(=NCC1CCOC1)NC1CCOc2ccccc21.I. The first-order chi connectivity index (χ1) is 14.3. The Morgan fingerprint density at radius 2 is 2.17 bits per heavy atom. The molecule has 0 bridgehead atoms. The van der Waals surface area contributed by atoms with Gasteiger partial charge in [0.25, 0.3) is 0 Å². The van der Waals surface area contributed by atoms with E-state index >= 15 is 0 Å². The van der Waals surface area contributed by atoms with Crippen LogP contribution in [0.5, 0.6) is 5.75 Å². The zero-order chi connectivity index (χ0) is 19.9. The van der Waals surface area contributed by atoms with Gasteiger partial charge in [0, 0.05) is 50.6 Å². The highest BCUT2D eigenvalue weighted by Gasteiger charge is 2.22. The highest BCUT2D eigenvalue weighted by atomic mass is 127. The minimum absolute atomic E-state index is 0. The fraction of sp³-hybridized carbons (Fsp3) is 0.571. The number of fused-ring (bicyclic) bond motifs is 1. The molecule has 2 aliphatic rings. The van der Waals surface area contributed by atoms with Gasteiger partial charge in [0.15, 0.2) is 5.96 Å². The van der Waals surface area contributed by atoms with Crippen molar-refractivity contribution < 1.29 is 9.47 Å². The summed E-state index contributed by atoms with van der Waals surface area (Å²) in [4.78, 5) is 4.87. The first-order valence-electron chi connectivity index (χ1n) is 10.5. The second-order valence-corrected chi connectivity index (χ2v) is 7.51. The largest absolute Gasteiger partial charge is 0.493 e. The first-order valence-corrected chi connectivity index (χ1v) is 10.5. The maximum atomic E-state index is 5.80. The van der Waals surface area contributed by atoms with Crippen molar-refractivity contribution in [2.24, 2.45) is 10.9 Å². The molecule has 0 radical (unpaired) electrons. The summed E-state index contributed by atoms with van der Waals surface area (Å²) < 4.78 is 13.4. The van der Waals surface area contributed by atoms with E-state index in [1.807, 2.05) is 12.1 Å². The number of nitrogens with one attached hydrogen (secondary N) is 2. The number of rotatable bonds is 7. The van der Waals surface area contributed by atoms with Gasteiger partial charge >= 0.3 is 0 Å². The van der Waals surface area contributed by atoms with Crippen LogP contribution in [0.3, 0.4) is 0 Å². The van der Waals surface area contributed by atoms with Crippen LogP contribution in [-0.4, -0.2) is 53.6 Å². The molecule has 0 saturated carbocycles. The average Bonchev–Trinajstić information content (AvgIpc) is 3.44. The van der Waals surface area contributed by atoms with Gasteiger partial charge in [-0.15, -0.1) is 34.2 Å². The maximum absolute atomic E-state index is 5.80. The number of ether oxygens (including phenoxy) is 2. The summed E-state index contributed by atoms with van der Waals surface area (Å²) in [6.07, 6.45) is 4.65. The van der Waals surface area contributed by atoms with Gasteiger partial charge < -0.3 is 24.7 Å². The molecule has 0 spiro atoms. The Bertz CT molecular complexity index is 821. The van der Waals surface area contributed by atoms with Gasteiger partial charge in [-0.3, -0.25) is 4.99 Å². The quantitative estimate of drug-likeness (QED) is 0.328. The lowest BCUT2D eigenvalue weighted by Gasteiger charge is -2.28. The molecule has 4 rings (SSSR count). The van der Waals surface area contributed by atoms with E-state index in [0.717, 1.165) is 69.6 Å². The van der Waals surface area contributed by atoms with Crippen LogP contribution >= 0.6 is 24.0 Å². The molecule has 2 atom stereocenters. The zero-order valence-electron chi connectivity index (χ0n) is 17.4. The number of aromatic nitrogens is 3. The summed E-state index contributed by atoms with van der Waals surface area (Å²) in [6.45, 7) is 6.77. The molecule has 2 aromatic rings. The monoisotopic (exact) mass is 526 g/mol. The van der Waals surface area contributed by atoms with Gasteiger partial charge in [-0.2, -0.15) is 0 Å². The van der Waals surface area contributed by atoms with E-state index in [1.165, 1.54) is 5.56 Å². The normalized spacial score (nSPS) is 20.8. The van der Waals surface area contributed by atoms with Gasteiger partial charge in [0.2, 0.25) is 0 Å². The molecule has 164 valence electrons. The highest BCUT2D eigenvalue weighted by Crippen LogP contribution is 2.31. The number of halogens is 1. The fourth-order valence-electron chi connectivity index (χ4n) is 3.79. The Morgan fingerprint density at radius 3 is 3.00 bits per heavy atom. The molecule has 1 aromatic carbocycles. The number of aryl methyl sites for hydroxylation is 1. The molecule has 2 aliphatic heterocycles. The second kappa shape index (κ2) is 11.5. The molecular weight excluding hydrogens is 495 g/mol. The molecule has 3 heterocycles. The van der Waals surface area contributed by atoms with E-state index in [4.69, 9.17) is 14.5 Å². The minimum Gasteiger partial charge on any atom is -0.493 e. The zero-order valence-corrected chi connectivity index (χ0v) is 19.7. The summed E-state index contributed by atoms with van der Waals surface area (Å²) in [5.74, 6) is 3.29. The van der Waals surface area contributed by atoms with Crippen molar-refractivity contribution in [3.8, 4) is 5.75 Å². The van der Waals surface area contributed by atoms with E-state index in [2.05, 4.69) is 44.5 Å². The number of aliphatic imine (C=N–C) groups is 1. The third-order valence-electron chi connectivity index (χ3n) is 5.46. The van der Waals surface area contributed by atoms with Crippen LogP contribution in [0.25, 0.3) is 0 Å². The number of hydrogen-bond donors (Lipinski definition) is 2. The topological polar surface area (TPSA) is 85.6 Å². The summed E-state index contributed by atoms with van der Waals surface area (Å²) >= 11 is 0. The summed E-state index contributed by atoms with van der Waals surface area (Å²) in [5, 5.41) is 15.3. The fourth-order valence-corrected chi connectivity index (χ4v) is 3.79. The van der Waals surface area contributed by atoms with Gasteiger partial charge in [0.1, 0.15) is 17.9 Å². The second-order valence-electron chi connectivity index (χ2n) is 7.51. The molecule has 1 saturated heterocycles. The van der Waals surface area contributed by atoms with Crippen LogP contribution in [0, 0.1) is 5.92 Å². The van der Waals surface area contributed by atoms with Crippen molar-refractivity contribution >= 4 is 29.9 Å². The van der Waals surface area contributed by atoms with E-state index in [9.17, 15) is 0 Å². The third-order valence-corrected chi connectivity index (χ3v) is 5.46. The van der Waals surface area contributed by atoms with Crippen LogP contribution in [0.1, 0.15) is 37.2 Å². The molecule has 8 nitrogen and oxygen atoms in total. The number of hydrogen-bond acceptors (Lipinski definition) is 5.